The zero-order valence-electron chi connectivity index (χ0n) is 33.5. The lowest BCUT2D eigenvalue weighted by atomic mass is 9.94. The number of hydrogen-bond donors (Lipinski definition) is 0. The number of carbonyl (C=O) groups excluding carboxylic acids is 2. The minimum atomic E-state index is -5.72. The molecule has 12 heteroatoms. The third-order valence-corrected chi connectivity index (χ3v) is 13.5. The fraction of sp³-hybridized carbons (Fsp3) is 0.137. The van der Waals surface area contributed by atoms with Crippen molar-refractivity contribution in [2.75, 3.05) is 0 Å². The fourth-order valence-corrected chi connectivity index (χ4v) is 10.0. The molecular formula is C51H34F6O4S2. The third-order valence-electron chi connectivity index (χ3n) is 11.3. The van der Waals surface area contributed by atoms with Crippen LogP contribution in [0.1, 0.15) is 52.7 Å². The summed E-state index contributed by atoms with van der Waals surface area (Å²) in [6, 6.07) is 41.4. The molecule has 63 heavy (non-hydrogen) atoms. The second kappa shape index (κ2) is 16.0. The summed E-state index contributed by atoms with van der Waals surface area (Å²) in [7, 11) is 0. The summed E-state index contributed by atoms with van der Waals surface area (Å²) in [4.78, 5) is 27.0. The summed E-state index contributed by atoms with van der Waals surface area (Å²) >= 11 is 2.03. The van der Waals surface area contributed by atoms with Crippen LogP contribution in [0.3, 0.4) is 0 Å². The van der Waals surface area contributed by atoms with Crippen LogP contribution in [-0.4, -0.2) is 29.7 Å². The Bertz CT molecular complexity index is 2890. The summed E-state index contributed by atoms with van der Waals surface area (Å²) in [5.41, 5.74) is -0.464. The van der Waals surface area contributed by atoms with E-state index >= 15 is 26.3 Å². The highest BCUT2D eigenvalue weighted by Crippen LogP contribution is 2.66. The molecule has 0 amide bonds. The molecule has 9 rings (SSSR count). The largest absolute Gasteiger partial charge is 0.457 e. The average Bonchev–Trinajstić information content (AvgIpc) is 3.89. The Morgan fingerprint density at radius 3 is 1.25 bits per heavy atom. The van der Waals surface area contributed by atoms with Gasteiger partial charge in [0.15, 0.2) is 0 Å². The Balaban J connectivity index is 0.965. The predicted octanol–water partition coefficient (Wildman–Crippen LogP) is 14.6. The van der Waals surface area contributed by atoms with Crippen LogP contribution in [0.15, 0.2) is 146 Å². The van der Waals surface area contributed by atoms with Crippen molar-refractivity contribution in [3.8, 4) is 20.9 Å². The van der Waals surface area contributed by atoms with Gasteiger partial charge < -0.3 is 9.47 Å². The SMILES string of the molecule is Cc1sc(-c2ccc(COC(=O)c3cccc4ccccc34)cc2)cc1C1=C(c2cc(-c3ccc(COC(=O)c4cccc5ccccc45)cc3)sc2C)C(F)(F)C(F)(F)C1(F)F. The van der Waals surface area contributed by atoms with Gasteiger partial charge in [0, 0.05) is 30.7 Å². The molecular weight excluding hydrogens is 855 g/mol. The highest BCUT2D eigenvalue weighted by molar-refractivity contribution is 7.16. The van der Waals surface area contributed by atoms with E-state index in [9.17, 15) is 9.59 Å². The van der Waals surface area contributed by atoms with Crippen molar-refractivity contribution in [2.45, 2.75) is 44.8 Å². The van der Waals surface area contributed by atoms with Gasteiger partial charge in [-0.1, -0.05) is 121 Å². The summed E-state index contributed by atoms with van der Waals surface area (Å²) in [5, 5.41) is 3.28. The molecule has 8 aromatic rings. The average molecular weight is 889 g/mol. The summed E-state index contributed by atoms with van der Waals surface area (Å²) in [6.45, 7) is 2.76. The smallest absolute Gasteiger partial charge is 0.380 e. The van der Waals surface area contributed by atoms with Gasteiger partial charge in [-0.25, -0.2) is 9.59 Å². The number of carbonyl (C=O) groups is 2. The number of ether oxygens (including phenoxy) is 2. The number of esters is 2. The zero-order valence-corrected chi connectivity index (χ0v) is 35.1. The number of rotatable bonds is 10. The van der Waals surface area contributed by atoms with Crippen molar-refractivity contribution in [2.24, 2.45) is 0 Å². The Morgan fingerprint density at radius 1 is 0.492 bits per heavy atom. The molecule has 0 aliphatic heterocycles. The van der Waals surface area contributed by atoms with Gasteiger partial charge in [-0.2, -0.15) is 26.3 Å². The Morgan fingerprint density at radius 2 is 0.857 bits per heavy atom. The van der Waals surface area contributed by atoms with E-state index in [2.05, 4.69) is 0 Å². The second-order valence-electron chi connectivity index (χ2n) is 15.2. The van der Waals surface area contributed by atoms with E-state index in [1.54, 1.807) is 72.8 Å². The Kier molecular flexibility index (Phi) is 10.6. The summed E-state index contributed by atoms with van der Waals surface area (Å²) < 4.78 is 106. The van der Waals surface area contributed by atoms with Crippen LogP contribution < -0.4 is 0 Å². The first-order valence-electron chi connectivity index (χ1n) is 19.7. The summed E-state index contributed by atoms with van der Waals surface area (Å²) in [5.74, 6) is -17.2. The van der Waals surface area contributed by atoms with E-state index in [0.29, 0.717) is 43.1 Å². The van der Waals surface area contributed by atoms with E-state index in [0.717, 1.165) is 44.2 Å². The number of aryl methyl sites for hydroxylation is 2. The van der Waals surface area contributed by atoms with Crippen LogP contribution >= 0.6 is 22.7 Å². The van der Waals surface area contributed by atoms with Crippen LogP contribution in [0.5, 0.6) is 0 Å². The molecule has 0 N–H and O–H groups in total. The Labute approximate surface area is 365 Å². The van der Waals surface area contributed by atoms with Crippen LogP contribution in [0.4, 0.5) is 26.3 Å². The molecule has 0 spiro atoms. The van der Waals surface area contributed by atoms with E-state index in [1.807, 2.05) is 60.7 Å². The van der Waals surface area contributed by atoms with Crippen molar-refractivity contribution in [3.63, 3.8) is 0 Å². The predicted molar refractivity (Wildman–Crippen MR) is 237 cm³/mol. The van der Waals surface area contributed by atoms with Crippen LogP contribution in [0, 0.1) is 13.8 Å². The molecule has 0 radical (unpaired) electrons. The molecule has 1 aliphatic rings. The first-order chi connectivity index (χ1) is 30.2. The van der Waals surface area contributed by atoms with Gasteiger partial charge in [0.05, 0.1) is 11.1 Å². The number of hydrogen-bond acceptors (Lipinski definition) is 6. The molecule has 4 nitrogen and oxygen atoms in total. The van der Waals surface area contributed by atoms with Crippen molar-refractivity contribution < 1.29 is 45.4 Å². The van der Waals surface area contributed by atoms with Crippen LogP contribution in [0.2, 0.25) is 0 Å². The quantitative estimate of drug-likeness (QED) is 0.101. The molecule has 0 fully saturated rings. The highest BCUT2D eigenvalue weighted by Gasteiger charge is 2.80. The Hall–Kier alpha value is -6.50. The topological polar surface area (TPSA) is 52.6 Å². The number of allylic oxidation sites excluding steroid dienone is 2. The third kappa shape index (κ3) is 7.30. The van der Waals surface area contributed by atoms with E-state index in [1.165, 1.54) is 26.0 Å². The molecule has 2 heterocycles. The molecule has 316 valence electrons. The van der Waals surface area contributed by atoms with E-state index in [-0.39, 0.29) is 23.0 Å². The number of benzene rings is 6. The minimum Gasteiger partial charge on any atom is -0.457 e. The van der Waals surface area contributed by atoms with Crippen LogP contribution in [-0.2, 0) is 22.7 Å². The lowest BCUT2D eigenvalue weighted by Crippen LogP contribution is -2.48. The van der Waals surface area contributed by atoms with Gasteiger partial charge in [0.2, 0.25) is 0 Å². The standard InChI is InChI=1S/C51H34F6O4S2/c1-29-41(25-43(62-29)35-21-17-31(18-22-35)27-60-47(58)39-15-7-11-33-9-3-5-13-37(33)39)45-46(50(54,55)51(56,57)49(45,52)53)42-26-44(63-30(42)2)36-23-19-32(20-24-36)28-61-48(59)40-16-8-12-34-10-4-6-14-38(34)40/h3-26H,27-28H2,1-2H3. The molecule has 0 atom stereocenters. The maximum Gasteiger partial charge on any atom is 0.380 e. The molecule has 2 aromatic heterocycles. The molecule has 0 unspecified atom stereocenters. The van der Waals surface area contributed by atoms with E-state index < -0.39 is 52.0 Å². The van der Waals surface area contributed by atoms with Crippen molar-refractivity contribution in [1.82, 2.24) is 0 Å². The van der Waals surface area contributed by atoms with Crippen molar-refractivity contribution in [1.29, 1.82) is 0 Å². The van der Waals surface area contributed by atoms with Gasteiger partial charge in [-0.3, -0.25) is 0 Å². The van der Waals surface area contributed by atoms with Gasteiger partial charge in [0.25, 0.3) is 0 Å². The molecule has 0 bridgehead atoms. The monoisotopic (exact) mass is 888 g/mol. The van der Waals surface area contributed by atoms with E-state index in [4.69, 9.17) is 9.47 Å². The fourth-order valence-electron chi connectivity index (χ4n) is 7.97. The molecule has 1 aliphatic carbocycles. The zero-order chi connectivity index (χ0) is 44.3. The first kappa shape index (κ1) is 41.8. The van der Waals surface area contributed by atoms with Crippen molar-refractivity contribution >= 4 is 67.3 Å². The molecule has 6 aromatic carbocycles. The maximum atomic E-state index is 16.0. The van der Waals surface area contributed by atoms with Crippen LogP contribution in [0.25, 0.3) is 53.6 Å². The number of thiophene rings is 2. The second-order valence-corrected chi connectivity index (χ2v) is 17.7. The number of fused-ring (bicyclic) bond motifs is 2. The lowest BCUT2D eigenvalue weighted by molar-refractivity contribution is -0.254. The molecule has 0 saturated carbocycles. The number of alkyl halides is 6. The normalized spacial score (nSPS) is 15.2. The van der Waals surface area contributed by atoms with Crippen molar-refractivity contribution in [3.05, 3.63) is 189 Å². The number of halogens is 6. The van der Waals surface area contributed by atoms with Gasteiger partial charge in [-0.15, -0.1) is 22.7 Å². The van der Waals surface area contributed by atoms with Gasteiger partial charge >= 0.3 is 29.7 Å². The van der Waals surface area contributed by atoms with Gasteiger partial charge in [0.1, 0.15) is 13.2 Å². The summed E-state index contributed by atoms with van der Waals surface area (Å²) in [6.07, 6.45) is 0. The lowest BCUT2D eigenvalue weighted by Gasteiger charge is -2.25. The molecule has 0 saturated heterocycles. The maximum absolute atomic E-state index is 16.0. The first-order valence-corrected chi connectivity index (χ1v) is 21.4. The highest BCUT2D eigenvalue weighted by atomic mass is 32.1. The minimum absolute atomic E-state index is 0.0577. The van der Waals surface area contributed by atoms with Gasteiger partial charge in [-0.05, 0) is 93.0 Å².